The second-order valence-electron chi connectivity index (χ2n) is 9.12. The number of likely N-dealkylation sites (tertiary alicyclic amines) is 1. The Labute approximate surface area is 189 Å². The lowest BCUT2D eigenvalue weighted by Gasteiger charge is -2.30. The summed E-state index contributed by atoms with van der Waals surface area (Å²) in [5.74, 6) is -1.84. The number of rotatable bonds is 3. The Morgan fingerprint density at radius 2 is 1.94 bits per heavy atom. The van der Waals surface area contributed by atoms with Gasteiger partial charge in [0.1, 0.15) is 5.54 Å². The van der Waals surface area contributed by atoms with E-state index in [2.05, 4.69) is 10.6 Å². The molecule has 4 aliphatic heterocycles. The van der Waals surface area contributed by atoms with Crippen LogP contribution in [0.15, 0.2) is 36.4 Å². The highest BCUT2D eigenvalue weighted by Gasteiger charge is 2.71. The Morgan fingerprint density at radius 3 is 2.73 bits per heavy atom. The summed E-state index contributed by atoms with van der Waals surface area (Å²) in [6.07, 6.45) is -0.944. The van der Waals surface area contributed by atoms with Gasteiger partial charge in [-0.25, -0.2) is 0 Å². The van der Waals surface area contributed by atoms with Gasteiger partial charge >= 0.3 is 0 Å². The third kappa shape index (κ3) is 2.57. The first-order valence-electron chi connectivity index (χ1n) is 10.9. The van der Waals surface area contributed by atoms with Gasteiger partial charge in [-0.1, -0.05) is 24.3 Å². The number of hydrogen-bond donors (Lipinski definition) is 3. The molecule has 3 amide bonds. The fraction of sp³-hybridized carbons (Fsp3) is 0.375. The van der Waals surface area contributed by atoms with Crippen molar-refractivity contribution < 1.29 is 29.0 Å². The lowest BCUT2D eigenvalue weighted by molar-refractivity contribution is -0.143. The van der Waals surface area contributed by atoms with Crippen molar-refractivity contribution >= 4 is 23.4 Å². The monoisotopic (exact) mass is 449 g/mol. The second kappa shape index (κ2) is 6.79. The minimum Gasteiger partial charge on any atom is -0.454 e. The van der Waals surface area contributed by atoms with Crippen molar-refractivity contribution in [3.8, 4) is 11.5 Å². The predicted molar refractivity (Wildman–Crippen MR) is 115 cm³/mol. The van der Waals surface area contributed by atoms with Gasteiger partial charge in [-0.05, 0) is 37.1 Å². The number of aliphatic hydroxyl groups is 1. The molecular weight excluding hydrogens is 426 g/mol. The molecule has 0 aromatic heterocycles. The molecule has 9 heteroatoms. The zero-order valence-corrected chi connectivity index (χ0v) is 18.1. The molecule has 170 valence electrons. The summed E-state index contributed by atoms with van der Waals surface area (Å²) < 4.78 is 10.7. The molecule has 0 bridgehead atoms. The minimum atomic E-state index is -1.41. The first kappa shape index (κ1) is 20.2. The maximum absolute atomic E-state index is 13.8. The van der Waals surface area contributed by atoms with Crippen LogP contribution < -0.4 is 20.1 Å². The van der Waals surface area contributed by atoms with E-state index in [1.165, 1.54) is 4.90 Å². The SMILES string of the molecule is Cc1cccc2c1NC(=O)[C@@]21N[C@H]([C@@H](C)O)[C@H]2C(=O)N(Cc3ccc4c(c3)OCO4)C(=O)[C@@H]21. The molecule has 1 spiro atoms. The Kier molecular flexibility index (Phi) is 4.15. The largest absolute Gasteiger partial charge is 0.454 e. The molecule has 2 aromatic carbocycles. The van der Waals surface area contributed by atoms with Gasteiger partial charge in [-0.3, -0.25) is 24.6 Å². The normalized spacial score (nSPS) is 30.1. The van der Waals surface area contributed by atoms with Gasteiger partial charge in [0.25, 0.3) is 0 Å². The highest BCUT2D eigenvalue weighted by atomic mass is 16.7. The molecule has 0 unspecified atom stereocenters. The summed E-state index contributed by atoms with van der Waals surface area (Å²) in [5, 5.41) is 16.6. The van der Waals surface area contributed by atoms with E-state index in [1.54, 1.807) is 31.2 Å². The molecule has 3 N–H and O–H groups in total. The van der Waals surface area contributed by atoms with Crippen LogP contribution >= 0.6 is 0 Å². The number of carbonyl (C=O) groups is 3. The highest BCUT2D eigenvalue weighted by Crippen LogP contribution is 2.54. The molecule has 33 heavy (non-hydrogen) atoms. The quantitative estimate of drug-likeness (QED) is 0.599. The van der Waals surface area contributed by atoms with Gasteiger partial charge in [0, 0.05) is 17.3 Å². The Hall–Kier alpha value is -3.43. The zero-order valence-electron chi connectivity index (χ0n) is 18.1. The summed E-state index contributed by atoms with van der Waals surface area (Å²) in [7, 11) is 0. The van der Waals surface area contributed by atoms with E-state index in [1.807, 2.05) is 19.1 Å². The number of nitrogens with one attached hydrogen (secondary N) is 2. The summed E-state index contributed by atoms with van der Waals surface area (Å²) >= 11 is 0. The number of aryl methyl sites for hydroxylation is 1. The molecule has 2 aromatic rings. The van der Waals surface area contributed by atoms with Crippen molar-refractivity contribution in [1.82, 2.24) is 10.2 Å². The Balaban J connectivity index is 1.43. The van der Waals surface area contributed by atoms with Crippen molar-refractivity contribution in [1.29, 1.82) is 0 Å². The molecule has 5 atom stereocenters. The number of hydrogen-bond acceptors (Lipinski definition) is 7. The molecule has 0 aliphatic carbocycles. The number of aliphatic hydroxyl groups excluding tert-OH is 1. The first-order valence-corrected chi connectivity index (χ1v) is 10.9. The average Bonchev–Trinajstić information content (AvgIpc) is 3.51. The first-order chi connectivity index (χ1) is 15.8. The van der Waals surface area contributed by atoms with Crippen LogP contribution in [-0.4, -0.2) is 46.7 Å². The smallest absolute Gasteiger partial charge is 0.250 e. The fourth-order valence-corrected chi connectivity index (χ4v) is 5.76. The summed E-state index contributed by atoms with van der Waals surface area (Å²) in [6, 6.07) is 10.0. The van der Waals surface area contributed by atoms with Crippen molar-refractivity contribution in [2.45, 2.75) is 38.1 Å². The van der Waals surface area contributed by atoms with Crippen molar-refractivity contribution in [3.05, 3.63) is 53.1 Å². The molecule has 0 radical (unpaired) electrons. The number of amides is 3. The topological polar surface area (TPSA) is 117 Å². The van der Waals surface area contributed by atoms with E-state index in [9.17, 15) is 19.5 Å². The molecule has 4 aliphatic rings. The van der Waals surface area contributed by atoms with E-state index in [-0.39, 0.29) is 19.2 Å². The lowest BCUT2D eigenvalue weighted by atomic mass is 9.76. The lowest BCUT2D eigenvalue weighted by Crippen LogP contribution is -2.54. The van der Waals surface area contributed by atoms with Gasteiger partial charge in [0.05, 0.1) is 24.5 Å². The number of para-hydroxylation sites is 1. The molecule has 6 rings (SSSR count). The number of benzene rings is 2. The average molecular weight is 449 g/mol. The number of fused-ring (bicyclic) bond motifs is 5. The maximum Gasteiger partial charge on any atom is 0.250 e. The summed E-state index contributed by atoms with van der Waals surface area (Å²) in [5.41, 5.74) is 1.45. The van der Waals surface area contributed by atoms with E-state index >= 15 is 0 Å². The Bertz CT molecular complexity index is 1230. The van der Waals surface area contributed by atoms with Gasteiger partial charge in [0.15, 0.2) is 11.5 Å². The van der Waals surface area contributed by atoms with E-state index < -0.39 is 41.3 Å². The molecule has 2 fully saturated rings. The predicted octanol–water partition coefficient (Wildman–Crippen LogP) is 1.03. The van der Waals surface area contributed by atoms with E-state index in [0.717, 1.165) is 5.56 Å². The number of ether oxygens (including phenoxy) is 2. The molecule has 9 nitrogen and oxygen atoms in total. The molecule has 0 saturated carbocycles. The molecule has 2 saturated heterocycles. The van der Waals surface area contributed by atoms with Crippen LogP contribution in [0.3, 0.4) is 0 Å². The summed E-state index contributed by atoms with van der Waals surface area (Å²) in [4.78, 5) is 41.9. The Morgan fingerprint density at radius 1 is 1.15 bits per heavy atom. The highest BCUT2D eigenvalue weighted by molar-refractivity contribution is 6.15. The van der Waals surface area contributed by atoms with Crippen LogP contribution in [0.1, 0.15) is 23.6 Å². The standard InChI is InChI=1S/C24H23N3O6/c1-11-4-3-5-14-19(11)25-23(31)24(14)18-17(20(26-24)12(2)28)21(29)27(22(18)30)9-13-6-7-15-16(8-13)33-10-32-15/h3-8,12,17-18,20,26,28H,9-10H2,1-2H3,(H,25,31)/t12-,17+,18-,20-,24-/m1/s1. The van der Waals surface area contributed by atoms with Crippen LogP contribution in [0.25, 0.3) is 0 Å². The fourth-order valence-electron chi connectivity index (χ4n) is 5.76. The van der Waals surface area contributed by atoms with Gasteiger partial charge in [-0.15, -0.1) is 0 Å². The maximum atomic E-state index is 13.8. The van der Waals surface area contributed by atoms with Crippen LogP contribution in [-0.2, 0) is 26.5 Å². The van der Waals surface area contributed by atoms with Gasteiger partial charge in [-0.2, -0.15) is 0 Å². The third-order valence-corrected chi connectivity index (χ3v) is 7.28. The van der Waals surface area contributed by atoms with Crippen molar-refractivity contribution in [3.63, 3.8) is 0 Å². The van der Waals surface area contributed by atoms with Gasteiger partial charge < -0.3 is 19.9 Å². The number of anilines is 1. The number of carbonyl (C=O) groups excluding carboxylic acids is 3. The minimum absolute atomic E-state index is 0.0478. The van der Waals surface area contributed by atoms with E-state index in [4.69, 9.17) is 9.47 Å². The van der Waals surface area contributed by atoms with Crippen molar-refractivity contribution in [2.24, 2.45) is 11.8 Å². The number of nitrogens with zero attached hydrogens (tertiary/aromatic N) is 1. The zero-order chi connectivity index (χ0) is 23.1. The third-order valence-electron chi connectivity index (χ3n) is 7.28. The molecular formula is C24H23N3O6. The van der Waals surface area contributed by atoms with E-state index in [0.29, 0.717) is 28.3 Å². The van der Waals surface area contributed by atoms with Crippen LogP contribution in [0.4, 0.5) is 5.69 Å². The second-order valence-corrected chi connectivity index (χ2v) is 9.12. The molecule has 4 heterocycles. The van der Waals surface area contributed by atoms with Crippen LogP contribution in [0.2, 0.25) is 0 Å². The summed E-state index contributed by atoms with van der Waals surface area (Å²) in [6.45, 7) is 3.62. The van der Waals surface area contributed by atoms with Gasteiger partial charge in [0.2, 0.25) is 24.5 Å². The van der Waals surface area contributed by atoms with Crippen molar-refractivity contribution in [2.75, 3.05) is 12.1 Å². The van der Waals surface area contributed by atoms with Crippen LogP contribution in [0, 0.1) is 18.8 Å². The number of imide groups is 1. The van der Waals surface area contributed by atoms with Crippen LogP contribution in [0.5, 0.6) is 11.5 Å².